The average molecular weight is 315 g/mol. The van der Waals surface area contributed by atoms with Gasteiger partial charge in [-0.15, -0.1) is 0 Å². The number of rotatable bonds is 6. The number of pyridine rings is 1. The fraction of sp³-hybridized carbons (Fsp3) is 0.684. The number of aromatic nitrogens is 1. The van der Waals surface area contributed by atoms with Crippen molar-refractivity contribution in [2.45, 2.75) is 64.3 Å². The fourth-order valence-electron chi connectivity index (χ4n) is 3.71. The van der Waals surface area contributed by atoms with Gasteiger partial charge in [0, 0.05) is 19.0 Å². The van der Waals surface area contributed by atoms with E-state index in [1.807, 2.05) is 12.1 Å². The van der Waals surface area contributed by atoms with Crippen molar-refractivity contribution in [2.75, 3.05) is 6.54 Å². The molecule has 0 bridgehead atoms. The van der Waals surface area contributed by atoms with Crippen LogP contribution in [0.5, 0.6) is 0 Å². The second-order valence-corrected chi connectivity index (χ2v) is 7.30. The molecule has 126 valence electrons. The Kier molecular flexibility index (Phi) is 5.31. The van der Waals surface area contributed by atoms with Gasteiger partial charge in [0.25, 0.3) is 5.91 Å². The van der Waals surface area contributed by atoms with Crippen LogP contribution in [0.1, 0.15) is 79.5 Å². The third-order valence-electron chi connectivity index (χ3n) is 5.44. The minimum atomic E-state index is 0.0330. The van der Waals surface area contributed by atoms with Gasteiger partial charge in [0.05, 0.1) is 17.0 Å². The third-order valence-corrected chi connectivity index (χ3v) is 5.44. The quantitative estimate of drug-likeness (QED) is 0.846. The first-order chi connectivity index (χ1) is 11.2. The minimum Gasteiger partial charge on any atom is -0.352 e. The molecule has 1 aromatic rings. The van der Waals surface area contributed by atoms with Crippen LogP contribution in [0.15, 0.2) is 12.1 Å². The van der Waals surface area contributed by atoms with E-state index < -0.39 is 0 Å². The van der Waals surface area contributed by atoms with Crippen LogP contribution in [-0.4, -0.2) is 17.4 Å². The highest BCUT2D eigenvalue weighted by atomic mass is 16.1. The molecular formula is C19H29N3O. The van der Waals surface area contributed by atoms with Crippen LogP contribution < -0.4 is 11.1 Å². The van der Waals surface area contributed by atoms with Crippen molar-refractivity contribution in [3.8, 4) is 0 Å². The monoisotopic (exact) mass is 315 g/mol. The molecule has 0 aliphatic heterocycles. The zero-order valence-corrected chi connectivity index (χ0v) is 14.2. The largest absolute Gasteiger partial charge is 0.352 e. The zero-order valence-electron chi connectivity index (χ0n) is 14.2. The molecule has 1 atom stereocenters. The Balaban J connectivity index is 1.61. The predicted molar refractivity (Wildman–Crippen MR) is 92.2 cm³/mol. The summed E-state index contributed by atoms with van der Waals surface area (Å²) in [5.41, 5.74) is 8.26. The SMILES string of the molecule is CC(CNC(=O)c1ccc(CN)nc1C1CC1)C1CCCCC1. The van der Waals surface area contributed by atoms with Crippen molar-refractivity contribution in [1.82, 2.24) is 10.3 Å². The highest BCUT2D eigenvalue weighted by Gasteiger charge is 2.30. The summed E-state index contributed by atoms with van der Waals surface area (Å²) < 4.78 is 0. The number of amides is 1. The number of hydrogen-bond acceptors (Lipinski definition) is 3. The van der Waals surface area contributed by atoms with Gasteiger partial charge in [-0.1, -0.05) is 39.0 Å². The van der Waals surface area contributed by atoms with Gasteiger partial charge in [0.15, 0.2) is 0 Å². The molecule has 3 rings (SSSR count). The topological polar surface area (TPSA) is 68.0 Å². The Morgan fingerprint density at radius 3 is 2.65 bits per heavy atom. The van der Waals surface area contributed by atoms with Gasteiger partial charge in [0.2, 0.25) is 0 Å². The second-order valence-electron chi connectivity index (χ2n) is 7.30. The molecule has 1 heterocycles. The van der Waals surface area contributed by atoms with Gasteiger partial charge in [-0.05, 0) is 36.8 Å². The molecule has 2 aliphatic carbocycles. The summed E-state index contributed by atoms with van der Waals surface area (Å²) in [4.78, 5) is 17.2. The van der Waals surface area contributed by atoms with E-state index in [0.29, 0.717) is 18.4 Å². The number of carbonyl (C=O) groups excluding carboxylic acids is 1. The molecule has 1 unspecified atom stereocenters. The summed E-state index contributed by atoms with van der Waals surface area (Å²) in [6, 6.07) is 3.79. The van der Waals surface area contributed by atoms with E-state index in [2.05, 4.69) is 17.2 Å². The van der Waals surface area contributed by atoms with Crippen molar-refractivity contribution >= 4 is 5.91 Å². The second kappa shape index (κ2) is 7.43. The molecule has 4 heteroatoms. The van der Waals surface area contributed by atoms with Gasteiger partial charge < -0.3 is 11.1 Å². The maximum absolute atomic E-state index is 12.6. The van der Waals surface area contributed by atoms with Crippen LogP contribution in [0, 0.1) is 11.8 Å². The van der Waals surface area contributed by atoms with Crippen molar-refractivity contribution in [3.63, 3.8) is 0 Å². The molecule has 2 aliphatic rings. The lowest BCUT2D eigenvalue weighted by atomic mass is 9.81. The van der Waals surface area contributed by atoms with Crippen LogP contribution in [0.3, 0.4) is 0 Å². The van der Waals surface area contributed by atoms with Gasteiger partial charge in [-0.25, -0.2) is 0 Å². The van der Waals surface area contributed by atoms with E-state index in [4.69, 9.17) is 5.73 Å². The third kappa shape index (κ3) is 4.11. The molecule has 2 fully saturated rings. The molecule has 1 aromatic heterocycles. The Hall–Kier alpha value is -1.42. The van der Waals surface area contributed by atoms with Crippen LogP contribution in [0.2, 0.25) is 0 Å². The lowest BCUT2D eigenvalue weighted by Crippen LogP contribution is -2.32. The lowest BCUT2D eigenvalue weighted by Gasteiger charge is -2.27. The molecule has 0 radical (unpaired) electrons. The molecule has 4 nitrogen and oxygen atoms in total. The van der Waals surface area contributed by atoms with Crippen molar-refractivity contribution < 1.29 is 4.79 Å². The average Bonchev–Trinajstić information content (AvgIpc) is 3.44. The minimum absolute atomic E-state index is 0.0330. The Labute approximate surface area is 139 Å². The lowest BCUT2D eigenvalue weighted by molar-refractivity contribution is 0.0938. The summed E-state index contributed by atoms with van der Waals surface area (Å²) in [6.45, 7) is 3.47. The summed E-state index contributed by atoms with van der Waals surface area (Å²) in [7, 11) is 0. The molecule has 3 N–H and O–H groups in total. The summed E-state index contributed by atoms with van der Waals surface area (Å²) in [5.74, 6) is 1.81. The molecular weight excluding hydrogens is 286 g/mol. The first kappa shape index (κ1) is 16.4. The van der Waals surface area contributed by atoms with Gasteiger partial charge in [-0.2, -0.15) is 0 Å². The van der Waals surface area contributed by atoms with Crippen molar-refractivity contribution in [3.05, 3.63) is 29.1 Å². The molecule has 1 amide bonds. The van der Waals surface area contributed by atoms with Gasteiger partial charge in [-0.3, -0.25) is 9.78 Å². The van der Waals surface area contributed by atoms with E-state index in [1.54, 1.807) is 0 Å². The number of nitrogens with one attached hydrogen (secondary N) is 1. The standard InChI is InChI=1S/C19H29N3O/c1-13(14-5-3-2-4-6-14)12-21-19(23)17-10-9-16(11-20)22-18(17)15-7-8-15/h9-10,13-15H,2-8,11-12,20H2,1H3,(H,21,23). The molecule has 0 saturated heterocycles. The van der Waals surface area contributed by atoms with E-state index in [1.165, 1.54) is 32.1 Å². The van der Waals surface area contributed by atoms with Crippen molar-refractivity contribution in [1.29, 1.82) is 0 Å². The number of hydrogen-bond donors (Lipinski definition) is 2. The van der Waals surface area contributed by atoms with Crippen LogP contribution in [-0.2, 0) is 6.54 Å². The van der Waals surface area contributed by atoms with E-state index >= 15 is 0 Å². The maximum atomic E-state index is 12.6. The summed E-state index contributed by atoms with van der Waals surface area (Å²) >= 11 is 0. The normalized spacial score (nSPS) is 20.3. The Morgan fingerprint density at radius 1 is 1.26 bits per heavy atom. The van der Waals surface area contributed by atoms with E-state index in [0.717, 1.165) is 42.3 Å². The highest BCUT2D eigenvalue weighted by Crippen LogP contribution is 2.40. The van der Waals surface area contributed by atoms with E-state index in [9.17, 15) is 4.79 Å². The van der Waals surface area contributed by atoms with E-state index in [-0.39, 0.29) is 5.91 Å². The number of nitrogens with two attached hydrogens (primary N) is 1. The van der Waals surface area contributed by atoms with Crippen molar-refractivity contribution in [2.24, 2.45) is 17.6 Å². The molecule has 0 aromatic carbocycles. The number of nitrogens with zero attached hydrogens (tertiary/aromatic N) is 1. The summed E-state index contributed by atoms with van der Waals surface area (Å²) in [6.07, 6.45) is 8.98. The zero-order chi connectivity index (χ0) is 16.2. The molecule has 0 spiro atoms. The van der Waals surface area contributed by atoms with Gasteiger partial charge in [0.1, 0.15) is 0 Å². The van der Waals surface area contributed by atoms with Gasteiger partial charge >= 0.3 is 0 Å². The Bertz CT molecular complexity index is 548. The smallest absolute Gasteiger partial charge is 0.253 e. The fourth-order valence-corrected chi connectivity index (χ4v) is 3.71. The first-order valence-electron chi connectivity index (χ1n) is 9.17. The maximum Gasteiger partial charge on any atom is 0.253 e. The summed E-state index contributed by atoms with van der Waals surface area (Å²) in [5, 5.41) is 3.15. The van der Waals surface area contributed by atoms with Crippen LogP contribution in [0.25, 0.3) is 0 Å². The number of carbonyl (C=O) groups is 1. The molecule has 2 saturated carbocycles. The highest BCUT2D eigenvalue weighted by molar-refractivity contribution is 5.95. The van der Waals surface area contributed by atoms with Crippen LogP contribution in [0.4, 0.5) is 0 Å². The molecule has 23 heavy (non-hydrogen) atoms. The predicted octanol–water partition coefficient (Wildman–Crippen LogP) is 3.36. The first-order valence-corrected chi connectivity index (χ1v) is 9.17. The Morgan fingerprint density at radius 2 is 2.00 bits per heavy atom. The van der Waals surface area contributed by atoms with Crippen LogP contribution >= 0.6 is 0 Å².